The number of benzene rings is 1. The van der Waals surface area contributed by atoms with E-state index >= 15 is 0 Å². The maximum atomic E-state index is 13.8. The van der Waals surface area contributed by atoms with E-state index in [9.17, 15) is 9.18 Å². The minimum Gasteiger partial charge on any atom is -0.493 e. The van der Waals surface area contributed by atoms with Gasteiger partial charge in [-0.05, 0) is 43.4 Å². The zero-order chi connectivity index (χ0) is 13.1. The highest BCUT2D eigenvalue weighted by molar-refractivity contribution is 5.78. The van der Waals surface area contributed by atoms with Crippen molar-refractivity contribution in [3.05, 3.63) is 29.1 Å². The number of halogens is 1. The molecule has 18 heavy (non-hydrogen) atoms. The molecule has 0 atom stereocenters. The van der Waals surface area contributed by atoms with Gasteiger partial charge in [0.2, 0.25) is 0 Å². The maximum absolute atomic E-state index is 13.8. The van der Waals surface area contributed by atoms with Gasteiger partial charge in [0.1, 0.15) is 17.3 Å². The van der Waals surface area contributed by atoms with Crippen LogP contribution < -0.4 is 4.74 Å². The quantitative estimate of drug-likeness (QED) is 0.773. The van der Waals surface area contributed by atoms with Crippen molar-refractivity contribution in [2.75, 3.05) is 6.61 Å². The van der Waals surface area contributed by atoms with Crippen molar-refractivity contribution < 1.29 is 13.9 Å². The second kappa shape index (κ2) is 5.51. The van der Waals surface area contributed by atoms with Crippen molar-refractivity contribution in [2.24, 2.45) is 5.92 Å². The minimum absolute atomic E-state index is 0.0283. The van der Waals surface area contributed by atoms with Crippen LogP contribution in [0.25, 0.3) is 0 Å². The lowest BCUT2D eigenvalue weighted by Gasteiger charge is -2.10. The lowest BCUT2D eigenvalue weighted by molar-refractivity contribution is -0.116. The standard InChI is InChI=1S/C15H19FO2/c1-10-7-13(18-6-5-12-3-4-12)9-15(16)14(10)8-11(2)17/h7,9,12H,3-6,8H2,1-2H3. The van der Waals surface area contributed by atoms with Gasteiger partial charge in [0.25, 0.3) is 0 Å². The summed E-state index contributed by atoms with van der Waals surface area (Å²) in [5.41, 5.74) is 1.27. The SMILES string of the molecule is CC(=O)Cc1c(C)cc(OCCC2CC2)cc1F. The van der Waals surface area contributed by atoms with E-state index < -0.39 is 0 Å². The van der Waals surface area contributed by atoms with Crippen LogP contribution in [0.3, 0.4) is 0 Å². The third-order valence-electron chi connectivity index (χ3n) is 3.31. The summed E-state index contributed by atoms with van der Waals surface area (Å²) in [5.74, 6) is 1.01. The summed E-state index contributed by atoms with van der Waals surface area (Å²) in [6.45, 7) is 3.93. The van der Waals surface area contributed by atoms with Crippen molar-refractivity contribution in [2.45, 2.75) is 39.5 Å². The molecule has 1 fully saturated rings. The van der Waals surface area contributed by atoms with Crippen LogP contribution in [-0.4, -0.2) is 12.4 Å². The lowest BCUT2D eigenvalue weighted by Crippen LogP contribution is -2.04. The van der Waals surface area contributed by atoms with E-state index in [1.54, 1.807) is 0 Å². The Labute approximate surface area is 107 Å². The van der Waals surface area contributed by atoms with E-state index in [0.29, 0.717) is 17.9 Å². The molecule has 2 nitrogen and oxygen atoms in total. The van der Waals surface area contributed by atoms with Crippen molar-refractivity contribution in [3.63, 3.8) is 0 Å². The number of Topliss-reactive ketones (excluding diaryl/α,β-unsaturated/α-hetero) is 1. The summed E-state index contributed by atoms with van der Waals surface area (Å²) < 4.78 is 19.4. The Balaban J connectivity index is 2.01. The Morgan fingerprint density at radius 1 is 1.44 bits per heavy atom. The molecule has 0 bridgehead atoms. The minimum atomic E-state index is -0.341. The Kier molecular flexibility index (Phi) is 4.00. The largest absolute Gasteiger partial charge is 0.493 e. The van der Waals surface area contributed by atoms with Gasteiger partial charge in [0, 0.05) is 12.5 Å². The smallest absolute Gasteiger partial charge is 0.134 e. The molecule has 0 N–H and O–H groups in total. The fourth-order valence-electron chi connectivity index (χ4n) is 2.05. The molecule has 1 aromatic rings. The van der Waals surface area contributed by atoms with Gasteiger partial charge in [-0.15, -0.1) is 0 Å². The van der Waals surface area contributed by atoms with E-state index in [1.807, 2.05) is 13.0 Å². The van der Waals surface area contributed by atoms with E-state index in [2.05, 4.69) is 0 Å². The van der Waals surface area contributed by atoms with Crippen LogP contribution in [0.1, 0.15) is 37.3 Å². The Bertz CT molecular complexity index is 427. The number of rotatable bonds is 6. The summed E-state index contributed by atoms with van der Waals surface area (Å²) in [4.78, 5) is 11.1. The number of hydrogen-bond acceptors (Lipinski definition) is 2. The Morgan fingerprint density at radius 3 is 2.72 bits per heavy atom. The molecule has 0 amide bonds. The normalized spacial score (nSPS) is 14.6. The Morgan fingerprint density at radius 2 is 2.17 bits per heavy atom. The van der Waals surface area contributed by atoms with Crippen LogP contribution in [0.5, 0.6) is 5.75 Å². The average molecular weight is 250 g/mol. The summed E-state index contributed by atoms with van der Waals surface area (Å²) in [5, 5.41) is 0. The van der Waals surface area contributed by atoms with Crippen molar-refractivity contribution in [1.82, 2.24) is 0 Å². The van der Waals surface area contributed by atoms with E-state index in [0.717, 1.165) is 17.9 Å². The average Bonchev–Trinajstić information content (AvgIpc) is 3.07. The molecule has 0 radical (unpaired) electrons. The topological polar surface area (TPSA) is 26.3 Å². The van der Waals surface area contributed by atoms with E-state index in [-0.39, 0.29) is 18.0 Å². The molecule has 0 aliphatic heterocycles. The Hall–Kier alpha value is -1.38. The molecule has 1 aromatic carbocycles. The number of aryl methyl sites for hydroxylation is 1. The highest BCUT2D eigenvalue weighted by Gasteiger charge is 2.20. The number of ketones is 1. The molecule has 0 saturated heterocycles. The van der Waals surface area contributed by atoms with Crippen LogP contribution >= 0.6 is 0 Å². The van der Waals surface area contributed by atoms with Gasteiger partial charge in [-0.2, -0.15) is 0 Å². The maximum Gasteiger partial charge on any atom is 0.134 e. The van der Waals surface area contributed by atoms with Crippen molar-refractivity contribution in [3.8, 4) is 5.75 Å². The highest BCUT2D eigenvalue weighted by Crippen LogP contribution is 2.32. The van der Waals surface area contributed by atoms with Gasteiger partial charge < -0.3 is 4.74 Å². The first kappa shape index (κ1) is 13.1. The van der Waals surface area contributed by atoms with Gasteiger partial charge in [0.05, 0.1) is 6.61 Å². The fraction of sp³-hybridized carbons (Fsp3) is 0.533. The molecular formula is C15H19FO2. The van der Waals surface area contributed by atoms with Gasteiger partial charge in [-0.1, -0.05) is 12.8 Å². The highest BCUT2D eigenvalue weighted by atomic mass is 19.1. The molecule has 1 aliphatic carbocycles. The molecule has 3 heteroatoms. The monoisotopic (exact) mass is 250 g/mol. The first-order valence-electron chi connectivity index (χ1n) is 6.47. The summed E-state index contributed by atoms with van der Waals surface area (Å²) in [6, 6.07) is 3.20. The molecule has 1 aliphatic rings. The molecule has 0 spiro atoms. The van der Waals surface area contributed by atoms with Crippen molar-refractivity contribution >= 4 is 5.78 Å². The predicted octanol–water partition coefficient (Wildman–Crippen LogP) is 3.44. The predicted molar refractivity (Wildman–Crippen MR) is 68.4 cm³/mol. The first-order valence-corrected chi connectivity index (χ1v) is 6.47. The molecule has 2 rings (SSSR count). The van der Waals surface area contributed by atoms with Crippen LogP contribution in [0.2, 0.25) is 0 Å². The van der Waals surface area contributed by atoms with Crippen molar-refractivity contribution in [1.29, 1.82) is 0 Å². The number of carbonyl (C=O) groups is 1. The fourth-order valence-corrected chi connectivity index (χ4v) is 2.05. The van der Waals surface area contributed by atoms with Gasteiger partial charge >= 0.3 is 0 Å². The van der Waals surface area contributed by atoms with E-state index in [4.69, 9.17) is 4.74 Å². The van der Waals surface area contributed by atoms with Crippen LogP contribution in [0.4, 0.5) is 4.39 Å². The van der Waals surface area contributed by atoms with Crippen LogP contribution in [0, 0.1) is 18.7 Å². The summed E-state index contributed by atoms with van der Waals surface area (Å²) in [7, 11) is 0. The first-order chi connectivity index (χ1) is 8.56. The molecule has 1 saturated carbocycles. The van der Waals surface area contributed by atoms with Gasteiger partial charge in [-0.25, -0.2) is 4.39 Å². The second-order valence-electron chi connectivity index (χ2n) is 5.16. The third kappa shape index (κ3) is 3.56. The van der Waals surface area contributed by atoms with Gasteiger partial charge in [-0.3, -0.25) is 4.79 Å². The van der Waals surface area contributed by atoms with E-state index in [1.165, 1.54) is 25.8 Å². The van der Waals surface area contributed by atoms with Gasteiger partial charge in [0.15, 0.2) is 0 Å². The molecule has 0 unspecified atom stereocenters. The molecular weight excluding hydrogens is 231 g/mol. The van der Waals surface area contributed by atoms with Crippen LogP contribution in [0.15, 0.2) is 12.1 Å². The molecule has 0 heterocycles. The lowest BCUT2D eigenvalue weighted by atomic mass is 10.0. The second-order valence-corrected chi connectivity index (χ2v) is 5.16. The summed E-state index contributed by atoms with van der Waals surface area (Å²) >= 11 is 0. The summed E-state index contributed by atoms with van der Waals surface area (Å²) in [6.07, 6.45) is 3.80. The third-order valence-corrected chi connectivity index (χ3v) is 3.31. The number of ether oxygens (including phenoxy) is 1. The van der Waals surface area contributed by atoms with Crippen LogP contribution in [-0.2, 0) is 11.2 Å². The number of hydrogen-bond donors (Lipinski definition) is 0. The number of carbonyl (C=O) groups excluding carboxylic acids is 1. The zero-order valence-electron chi connectivity index (χ0n) is 11.0. The molecule has 0 aromatic heterocycles. The zero-order valence-corrected chi connectivity index (χ0v) is 11.0. The molecule has 98 valence electrons.